The van der Waals surface area contributed by atoms with Crippen molar-refractivity contribution < 1.29 is 14.7 Å². The topological polar surface area (TPSA) is 72.9 Å². The standard InChI is InChI=1S/C21H23N3O3/c25-17-8-6-15(7-9-17)12-18-21(27)24-11-10-23(14-19(24)20(26)22-18)13-16-4-2-1-3-5-16/h1-9,18-19,25H,10-14H2,(H,22,26)/t18-,19+/m0/s1. The van der Waals surface area contributed by atoms with Crippen molar-refractivity contribution in [2.24, 2.45) is 0 Å². The van der Waals surface area contributed by atoms with Crippen molar-refractivity contribution in [3.05, 3.63) is 65.7 Å². The van der Waals surface area contributed by atoms with E-state index >= 15 is 0 Å². The van der Waals surface area contributed by atoms with Crippen LogP contribution in [-0.2, 0) is 22.6 Å². The van der Waals surface area contributed by atoms with E-state index in [0.717, 1.165) is 18.7 Å². The van der Waals surface area contributed by atoms with Crippen LogP contribution >= 0.6 is 0 Å². The average Bonchev–Trinajstić information content (AvgIpc) is 2.68. The quantitative estimate of drug-likeness (QED) is 0.853. The summed E-state index contributed by atoms with van der Waals surface area (Å²) in [5, 5.41) is 12.3. The van der Waals surface area contributed by atoms with Gasteiger partial charge in [0.1, 0.15) is 17.8 Å². The molecule has 2 aromatic rings. The van der Waals surface area contributed by atoms with Crippen molar-refractivity contribution in [1.29, 1.82) is 0 Å². The Labute approximate surface area is 158 Å². The summed E-state index contributed by atoms with van der Waals surface area (Å²) in [6.45, 7) is 2.66. The minimum absolute atomic E-state index is 0.0213. The Morgan fingerprint density at radius 3 is 2.44 bits per heavy atom. The Morgan fingerprint density at radius 2 is 1.70 bits per heavy atom. The lowest BCUT2D eigenvalue weighted by molar-refractivity contribution is -0.153. The van der Waals surface area contributed by atoms with Crippen LogP contribution in [0.5, 0.6) is 5.75 Å². The van der Waals surface area contributed by atoms with Gasteiger partial charge in [-0.25, -0.2) is 0 Å². The zero-order valence-electron chi connectivity index (χ0n) is 15.0. The molecule has 2 atom stereocenters. The number of phenolic OH excluding ortho intramolecular Hbond substituents is 1. The summed E-state index contributed by atoms with van der Waals surface area (Å²) in [4.78, 5) is 29.5. The third-order valence-corrected chi connectivity index (χ3v) is 5.29. The molecule has 2 fully saturated rings. The van der Waals surface area contributed by atoms with Crippen LogP contribution in [0.3, 0.4) is 0 Å². The lowest BCUT2D eigenvalue weighted by Gasteiger charge is -2.45. The van der Waals surface area contributed by atoms with E-state index in [-0.39, 0.29) is 17.6 Å². The zero-order valence-corrected chi connectivity index (χ0v) is 15.0. The summed E-state index contributed by atoms with van der Waals surface area (Å²) >= 11 is 0. The molecule has 2 aliphatic rings. The van der Waals surface area contributed by atoms with Crippen LogP contribution in [-0.4, -0.2) is 58.4 Å². The molecule has 0 spiro atoms. The summed E-state index contributed by atoms with van der Waals surface area (Å²) in [5.74, 6) is 0.0792. The first-order valence-electron chi connectivity index (χ1n) is 9.25. The predicted molar refractivity (Wildman–Crippen MR) is 101 cm³/mol. The highest BCUT2D eigenvalue weighted by Crippen LogP contribution is 2.20. The van der Waals surface area contributed by atoms with E-state index in [0.29, 0.717) is 19.5 Å². The van der Waals surface area contributed by atoms with Crippen molar-refractivity contribution in [3.63, 3.8) is 0 Å². The number of hydrogen-bond donors (Lipinski definition) is 2. The van der Waals surface area contributed by atoms with Crippen molar-refractivity contribution in [3.8, 4) is 5.75 Å². The van der Waals surface area contributed by atoms with Gasteiger partial charge in [-0.05, 0) is 23.3 Å². The molecular weight excluding hydrogens is 342 g/mol. The molecule has 2 aliphatic heterocycles. The molecular formula is C21H23N3O3. The van der Waals surface area contributed by atoms with Gasteiger partial charge in [-0.3, -0.25) is 14.5 Å². The molecule has 0 aromatic heterocycles. The van der Waals surface area contributed by atoms with Gasteiger partial charge in [-0.15, -0.1) is 0 Å². The SMILES string of the molecule is O=C1N[C@@H](Cc2ccc(O)cc2)C(=O)N2CCN(Cc3ccccc3)C[C@H]12. The monoisotopic (exact) mass is 365 g/mol. The van der Waals surface area contributed by atoms with Crippen LogP contribution in [0.4, 0.5) is 0 Å². The van der Waals surface area contributed by atoms with Gasteiger partial charge in [0, 0.05) is 32.6 Å². The molecule has 2 saturated heterocycles. The van der Waals surface area contributed by atoms with Crippen molar-refractivity contribution in [2.75, 3.05) is 19.6 Å². The van der Waals surface area contributed by atoms with Gasteiger partial charge in [0.15, 0.2) is 0 Å². The second-order valence-electron chi connectivity index (χ2n) is 7.20. The Kier molecular flexibility index (Phi) is 4.81. The molecule has 0 unspecified atom stereocenters. The third kappa shape index (κ3) is 3.80. The molecule has 2 N–H and O–H groups in total. The first kappa shape index (κ1) is 17.5. The number of fused-ring (bicyclic) bond motifs is 1. The van der Waals surface area contributed by atoms with E-state index in [4.69, 9.17) is 0 Å². The highest BCUT2D eigenvalue weighted by atomic mass is 16.3. The number of benzene rings is 2. The number of phenols is 1. The fourth-order valence-corrected chi connectivity index (χ4v) is 3.85. The number of piperazine rings is 2. The van der Waals surface area contributed by atoms with Crippen LogP contribution in [0, 0.1) is 0 Å². The summed E-state index contributed by atoms with van der Waals surface area (Å²) < 4.78 is 0. The van der Waals surface area contributed by atoms with Crippen molar-refractivity contribution in [1.82, 2.24) is 15.1 Å². The van der Waals surface area contributed by atoms with Crippen molar-refractivity contribution in [2.45, 2.75) is 25.0 Å². The molecule has 0 radical (unpaired) electrons. The van der Waals surface area contributed by atoms with E-state index in [1.165, 1.54) is 5.56 Å². The van der Waals surface area contributed by atoms with E-state index in [1.54, 1.807) is 29.2 Å². The lowest BCUT2D eigenvalue weighted by Crippen LogP contribution is -2.69. The molecule has 140 valence electrons. The number of hydrogen-bond acceptors (Lipinski definition) is 4. The van der Waals surface area contributed by atoms with Gasteiger partial charge in [0.05, 0.1) is 0 Å². The maximum absolute atomic E-state index is 12.9. The highest BCUT2D eigenvalue weighted by Gasteiger charge is 2.43. The van der Waals surface area contributed by atoms with Gasteiger partial charge in [0.25, 0.3) is 0 Å². The number of nitrogens with one attached hydrogen (secondary N) is 1. The first-order valence-corrected chi connectivity index (χ1v) is 9.25. The van der Waals surface area contributed by atoms with Crippen LogP contribution < -0.4 is 5.32 Å². The summed E-state index contributed by atoms with van der Waals surface area (Å²) in [6.07, 6.45) is 0.432. The Bertz CT molecular complexity index is 822. The molecule has 2 heterocycles. The Morgan fingerprint density at radius 1 is 0.963 bits per heavy atom. The third-order valence-electron chi connectivity index (χ3n) is 5.29. The minimum atomic E-state index is -0.543. The Hall–Kier alpha value is -2.86. The summed E-state index contributed by atoms with van der Waals surface area (Å²) in [5.41, 5.74) is 2.12. The van der Waals surface area contributed by atoms with Gasteiger partial charge in [0.2, 0.25) is 11.8 Å². The number of rotatable bonds is 4. The number of amides is 2. The van der Waals surface area contributed by atoms with E-state index in [1.807, 2.05) is 18.2 Å². The molecule has 4 rings (SSSR count). The van der Waals surface area contributed by atoms with Gasteiger partial charge < -0.3 is 15.3 Å². The molecule has 27 heavy (non-hydrogen) atoms. The number of aromatic hydroxyl groups is 1. The van der Waals surface area contributed by atoms with Gasteiger partial charge >= 0.3 is 0 Å². The van der Waals surface area contributed by atoms with E-state index in [9.17, 15) is 14.7 Å². The van der Waals surface area contributed by atoms with E-state index < -0.39 is 12.1 Å². The van der Waals surface area contributed by atoms with Gasteiger partial charge in [-0.1, -0.05) is 42.5 Å². The predicted octanol–water partition coefficient (Wildman–Crippen LogP) is 1.15. The maximum Gasteiger partial charge on any atom is 0.246 e. The molecule has 6 heteroatoms. The molecule has 6 nitrogen and oxygen atoms in total. The minimum Gasteiger partial charge on any atom is -0.508 e. The summed E-state index contributed by atoms with van der Waals surface area (Å²) in [7, 11) is 0. The number of carbonyl (C=O) groups excluding carboxylic acids is 2. The van der Waals surface area contributed by atoms with E-state index in [2.05, 4.69) is 22.3 Å². The van der Waals surface area contributed by atoms with Crippen LogP contribution in [0.25, 0.3) is 0 Å². The van der Waals surface area contributed by atoms with Crippen molar-refractivity contribution >= 4 is 11.8 Å². The molecule has 2 aromatic carbocycles. The smallest absolute Gasteiger partial charge is 0.246 e. The number of carbonyl (C=O) groups is 2. The second kappa shape index (κ2) is 7.40. The normalized spacial score (nSPS) is 23.0. The van der Waals surface area contributed by atoms with Crippen LogP contribution in [0.1, 0.15) is 11.1 Å². The zero-order chi connectivity index (χ0) is 18.8. The largest absolute Gasteiger partial charge is 0.508 e. The fourth-order valence-electron chi connectivity index (χ4n) is 3.85. The Balaban J connectivity index is 1.42. The lowest BCUT2D eigenvalue weighted by atomic mass is 9.98. The first-order chi connectivity index (χ1) is 13.1. The average molecular weight is 365 g/mol. The fraction of sp³-hybridized carbons (Fsp3) is 0.333. The highest BCUT2D eigenvalue weighted by molar-refractivity contribution is 5.97. The molecule has 2 amide bonds. The second-order valence-corrected chi connectivity index (χ2v) is 7.20. The number of nitrogens with zero attached hydrogens (tertiary/aromatic N) is 2. The maximum atomic E-state index is 12.9. The molecule has 0 bridgehead atoms. The van der Waals surface area contributed by atoms with Crippen LogP contribution in [0.15, 0.2) is 54.6 Å². The van der Waals surface area contributed by atoms with Crippen LogP contribution in [0.2, 0.25) is 0 Å². The molecule has 0 saturated carbocycles. The summed E-state index contributed by atoms with van der Waals surface area (Å²) in [6, 6.07) is 15.9. The van der Waals surface area contributed by atoms with Gasteiger partial charge in [-0.2, -0.15) is 0 Å². The molecule has 0 aliphatic carbocycles.